The first-order valence-electron chi connectivity index (χ1n) is 9.39. The number of anilines is 3. The normalized spacial score (nSPS) is 12.6. The van der Waals surface area contributed by atoms with Gasteiger partial charge in [0.2, 0.25) is 35.7 Å². The van der Waals surface area contributed by atoms with E-state index in [2.05, 4.69) is 29.9 Å². The third-order valence-corrected chi connectivity index (χ3v) is 4.20. The molecule has 0 atom stereocenters. The van der Waals surface area contributed by atoms with E-state index in [4.69, 9.17) is 0 Å². The number of hydrogen-bond acceptors (Lipinski definition) is 6. The van der Waals surface area contributed by atoms with Crippen LogP contribution in [0.1, 0.15) is 0 Å². The van der Waals surface area contributed by atoms with E-state index in [0.29, 0.717) is 35.7 Å². The zero-order chi connectivity index (χ0) is 23.2. The summed E-state index contributed by atoms with van der Waals surface area (Å²) in [6.07, 6.45) is 0. The van der Waals surface area contributed by atoms with E-state index < -0.39 is 0 Å². The van der Waals surface area contributed by atoms with Crippen molar-refractivity contribution >= 4 is 35.7 Å². The zero-order valence-electron chi connectivity index (χ0n) is 20.4. The van der Waals surface area contributed by atoms with Crippen LogP contribution in [0.15, 0.2) is 15.0 Å². The average molecular weight is 421 g/mol. The van der Waals surface area contributed by atoms with Crippen LogP contribution in [0.4, 0.5) is 17.8 Å². The van der Waals surface area contributed by atoms with Crippen LogP contribution in [0.5, 0.6) is 0 Å². The maximum absolute atomic E-state index is 4.68. The molecule has 0 aromatic carbocycles. The molecule has 1 aromatic rings. The van der Waals surface area contributed by atoms with E-state index in [1.165, 1.54) is 0 Å². The first-order valence-corrected chi connectivity index (χ1v) is 9.39. The minimum atomic E-state index is 0.450. The molecule has 0 aliphatic heterocycles. The molecule has 0 unspecified atom stereocenters. The van der Waals surface area contributed by atoms with Crippen molar-refractivity contribution in [2.24, 2.45) is 15.0 Å². The average Bonchev–Trinajstić information content (AvgIpc) is 2.68. The molecular weight excluding hydrogens is 384 g/mol. The molecule has 0 saturated carbocycles. The fourth-order valence-electron chi connectivity index (χ4n) is 3.01. The standard InChI is InChI=1S/C18H36N12/c1-19-16(25(4)5)28(10)13-22-14(29(11)17(20-2)26(6)7)24-15(23-13)30(12)18(21-3)27(8)9/h1-12H3. The smallest absolute Gasteiger partial charge is 0.238 e. The summed E-state index contributed by atoms with van der Waals surface area (Å²) in [5, 5.41) is 0. The molecule has 30 heavy (non-hydrogen) atoms. The lowest BCUT2D eigenvalue weighted by atomic mass is 10.6. The first kappa shape index (κ1) is 24.9. The first-order chi connectivity index (χ1) is 14.0. The van der Waals surface area contributed by atoms with Crippen molar-refractivity contribution in [3.05, 3.63) is 0 Å². The SMILES string of the molecule is CN=C(N(C)C)N(C)c1nc(N(C)C(=NC)N(C)C)nc(N(C)C(=NC)N(C)C)n1. The molecule has 0 N–H and O–H groups in total. The van der Waals surface area contributed by atoms with Gasteiger partial charge < -0.3 is 14.7 Å². The molecule has 0 aliphatic rings. The fraction of sp³-hybridized carbons (Fsp3) is 0.667. The monoisotopic (exact) mass is 420 g/mol. The summed E-state index contributed by atoms with van der Waals surface area (Å²) in [7, 11) is 22.3. The lowest BCUT2D eigenvalue weighted by Crippen LogP contribution is -2.43. The van der Waals surface area contributed by atoms with Crippen molar-refractivity contribution in [3.63, 3.8) is 0 Å². The Hall–Kier alpha value is -3.18. The molecular formula is C18H36N12. The molecule has 0 amide bonds. The minimum Gasteiger partial charge on any atom is -0.349 e. The summed E-state index contributed by atoms with van der Waals surface area (Å²) in [5.41, 5.74) is 0. The second kappa shape index (κ2) is 10.6. The van der Waals surface area contributed by atoms with Gasteiger partial charge in [-0.15, -0.1) is 0 Å². The third kappa shape index (κ3) is 5.45. The predicted octanol–water partition coefficient (Wildman–Crippen LogP) is -0.178. The van der Waals surface area contributed by atoms with Gasteiger partial charge in [-0.25, -0.2) is 0 Å². The van der Waals surface area contributed by atoms with E-state index in [0.717, 1.165) is 0 Å². The molecule has 0 fully saturated rings. The van der Waals surface area contributed by atoms with E-state index in [1.54, 1.807) is 21.1 Å². The third-order valence-electron chi connectivity index (χ3n) is 4.20. The van der Waals surface area contributed by atoms with Gasteiger partial charge in [-0.1, -0.05) is 0 Å². The quantitative estimate of drug-likeness (QED) is 0.487. The topological polar surface area (TPSA) is 95.2 Å². The molecule has 1 rings (SSSR count). The largest absolute Gasteiger partial charge is 0.349 e. The number of rotatable bonds is 3. The molecule has 1 aromatic heterocycles. The second-order valence-electron chi connectivity index (χ2n) is 7.17. The van der Waals surface area contributed by atoms with Gasteiger partial charge in [0.15, 0.2) is 0 Å². The number of guanidine groups is 3. The highest BCUT2D eigenvalue weighted by atomic mass is 15.5. The molecule has 12 heteroatoms. The number of aliphatic imine (C=N–C) groups is 3. The second-order valence-corrected chi connectivity index (χ2v) is 7.17. The van der Waals surface area contributed by atoms with E-state index >= 15 is 0 Å². The van der Waals surface area contributed by atoms with Crippen LogP contribution in [0.3, 0.4) is 0 Å². The molecule has 0 spiro atoms. The minimum absolute atomic E-state index is 0.450. The van der Waals surface area contributed by atoms with E-state index in [1.807, 2.05) is 92.8 Å². The predicted molar refractivity (Wildman–Crippen MR) is 126 cm³/mol. The summed E-state index contributed by atoms with van der Waals surface area (Å²) in [5.74, 6) is 3.47. The maximum Gasteiger partial charge on any atom is 0.238 e. The van der Waals surface area contributed by atoms with Crippen molar-refractivity contribution in [1.82, 2.24) is 29.7 Å². The molecule has 0 radical (unpaired) electrons. The fourth-order valence-corrected chi connectivity index (χ4v) is 3.01. The summed E-state index contributed by atoms with van der Waals surface area (Å²) in [6, 6.07) is 0. The van der Waals surface area contributed by atoms with Crippen LogP contribution in [-0.4, -0.2) is 132 Å². The Morgan fingerprint density at radius 2 is 0.667 bits per heavy atom. The highest BCUT2D eigenvalue weighted by molar-refractivity contribution is 5.97. The molecule has 0 bridgehead atoms. The Balaban J connectivity index is 3.67. The van der Waals surface area contributed by atoms with Crippen LogP contribution in [-0.2, 0) is 0 Å². The van der Waals surface area contributed by atoms with E-state index in [-0.39, 0.29) is 0 Å². The van der Waals surface area contributed by atoms with E-state index in [9.17, 15) is 0 Å². The van der Waals surface area contributed by atoms with Gasteiger partial charge in [0.05, 0.1) is 0 Å². The molecule has 0 saturated heterocycles. The van der Waals surface area contributed by atoms with Gasteiger partial charge in [0.1, 0.15) is 0 Å². The van der Waals surface area contributed by atoms with Crippen molar-refractivity contribution in [2.45, 2.75) is 0 Å². The van der Waals surface area contributed by atoms with Gasteiger partial charge >= 0.3 is 0 Å². The summed E-state index contributed by atoms with van der Waals surface area (Å²) >= 11 is 0. The number of nitrogens with zero attached hydrogens (tertiary/aromatic N) is 12. The summed E-state index contributed by atoms with van der Waals surface area (Å²) < 4.78 is 0. The highest BCUT2D eigenvalue weighted by Gasteiger charge is 2.23. The van der Waals surface area contributed by atoms with Crippen LogP contribution >= 0.6 is 0 Å². The molecule has 168 valence electrons. The number of aromatic nitrogens is 3. The maximum atomic E-state index is 4.68. The van der Waals surface area contributed by atoms with Crippen LogP contribution in [0.25, 0.3) is 0 Å². The highest BCUT2D eigenvalue weighted by Crippen LogP contribution is 2.19. The number of hydrogen-bond donors (Lipinski definition) is 0. The Morgan fingerprint density at radius 3 is 0.800 bits per heavy atom. The molecule has 12 nitrogen and oxygen atoms in total. The van der Waals surface area contributed by atoms with Gasteiger partial charge in [-0.05, 0) is 0 Å². The Labute approximate surface area is 180 Å². The molecule has 0 aliphatic carbocycles. The Morgan fingerprint density at radius 1 is 0.467 bits per heavy atom. The molecule has 1 heterocycles. The van der Waals surface area contributed by atoms with Crippen LogP contribution < -0.4 is 14.7 Å². The van der Waals surface area contributed by atoms with Gasteiger partial charge in [0, 0.05) is 84.6 Å². The Kier molecular flexibility index (Phi) is 8.75. The van der Waals surface area contributed by atoms with Gasteiger partial charge in [-0.3, -0.25) is 29.7 Å². The lowest BCUT2D eigenvalue weighted by Gasteiger charge is -2.29. The lowest BCUT2D eigenvalue weighted by molar-refractivity contribution is 0.600. The van der Waals surface area contributed by atoms with Crippen LogP contribution in [0, 0.1) is 0 Å². The van der Waals surface area contributed by atoms with Gasteiger partial charge in [-0.2, -0.15) is 15.0 Å². The van der Waals surface area contributed by atoms with Crippen molar-refractivity contribution in [1.29, 1.82) is 0 Å². The zero-order valence-corrected chi connectivity index (χ0v) is 20.4. The van der Waals surface area contributed by atoms with Gasteiger partial charge in [0.25, 0.3) is 0 Å². The summed E-state index contributed by atoms with van der Waals surface area (Å²) in [6.45, 7) is 0. The van der Waals surface area contributed by atoms with Crippen molar-refractivity contribution < 1.29 is 0 Å². The van der Waals surface area contributed by atoms with Crippen LogP contribution in [0.2, 0.25) is 0 Å². The Bertz CT molecular complexity index is 679. The van der Waals surface area contributed by atoms with Crippen molar-refractivity contribution in [2.75, 3.05) is 99.3 Å². The van der Waals surface area contributed by atoms with Crippen molar-refractivity contribution in [3.8, 4) is 0 Å². The summed E-state index contributed by atoms with van der Waals surface area (Å²) in [4.78, 5) is 38.2.